The SMILES string of the molecule is CC[C@H](C)[C@H](Nc1ccnc2ccsc12)C(=O)O. The van der Waals surface area contributed by atoms with Gasteiger partial charge in [0, 0.05) is 6.20 Å². The molecule has 2 aromatic rings. The number of hydrogen-bond acceptors (Lipinski definition) is 4. The van der Waals surface area contributed by atoms with Gasteiger partial charge in [-0.05, 0) is 23.4 Å². The van der Waals surface area contributed by atoms with E-state index in [0.29, 0.717) is 0 Å². The van der Waals surface area contributed by atoms with Crippen LogP contribution in [0.4, 0.5) is 5.69 Å². The van der Waals surface area contributed by atoms with Gasteiger partial charge in [0.25, 0.3) is 0 Å². The Morgan fingerprint density at radius 3 is 3.00 bits per heavy atom. The van der Waals surface area contributed by atoms with E-state index in [0.717, 1.165) is 22.3 Å². The molecule has 2 rings (SSSR count). The van der Waals surface area contributed by atoms with Gasteiger partial charge in [-0.3, -0.25) is 4.98 Å². The molecule has 2 atom stereocenters. The third-order valence-electron chi connectivity index (χ3n) is 3.13. The molecule has 2 aromatic heterocycles. The van der Waals surface area contributed by atoms with Gasteiger partial charge in [0.1, 0.15) is 6.04 Å². The number of aromatic nitrogens is 1. The highest BCUT2D eigenvalue weighted by atomic mass is 32.1. The molecule has 0 radical (unpaired) electrons. The van der Waals surface area contributed by atoms with Gasteiger partial charge >= 0.3 is 5.97 Å². The third-order valence-corrected chi connectivity index (χ3v) is 4.07. The molecule has 0 fully saturated rings. The third kappa shape index (κ3) is 2.46. The van der Waals surface area contributed by atoms with Crippen molar-refractivity contribution in [1.29, 1.82) is 0 Å². The molecule has 0 saturated heterocycles. The molecule has 0 unspecified atom stereocenters. The molecule has 0 spiro atoms. The van der Waals surface area contributed by atoms with E-state index < -0.39 is 12.0 Å². The molecule has 4 nitrogen and oxygen atoms in total. The second kappa shape index (κ2) is 5.35. The first-order chi connectivity index (χ1) is 8.63. The fourth-order valence-corrected chi connectivity index (χ4v) is 2.67. The van der Waals surface area contributed by atoms with Crippen LogP contribution in [0.1, 0.15) is 20.3 Å². The average Bonchev–Trinajstić information content (AvgIpc) is 2.83. The first kappa shape index (κ1) is 12.8. The Balaban J connectivity index is 2.31. The number of carboxylic acid groups (broad SMARTS) is 1. The second-order valence-electron chi connectivity index (χ2n) is 4.34. The van der Waals surface area contributed by atoms with Crippen LogP contribution < -0.4 is 5.32 Å². The first-order valence-electron chi connectivity index (χ1n) is 5.95. The maximum atomic E-state index is 11.3. The first-order valence-corrected chi connectivity index (χ1v) is 6.83. The Morgan fingerprint density at radius 2 is 2.33 bits per heavy atom. The van der Waals surface area contributed by atoms with Crippen LogP contribution in [0.3, 0.4) is 0 Å². The van der Waals surface area contributed by atoms with Crippen molar-refractivity contribution in [1.82, 2.24) is 4.98 Å². The minimum Gasteiger partial charge on any atom is -0.480 e. The van der Waals surface area contributed by atoms with Gasteiger partial charge in [-0.2, -0.15) is 0 Å². The van der Waals surface area contributed by atoms with E-state index in [2.05, 4.69) is 10.3 Å². The lowest BCUT2D eigenvalue weighted by Crippen LogP contribution is -2.35. The molecule has 0 aliphatic rings. The number of carboxylic acids is 1. The summed E-state index contributed by atoms with van der Waals surface area (Å²) in [4.78, 5) is 15.5. The lowest BCUT2D eigenvalue weighted by molar-refractivity contribution is -0.139. The molecule has 2 N–H and O–H groups in total. The van der Waals surface area contributed by atoms with Crippen molar-refractivity contribution in [3.8, 4) is 0 Å². The Morgan fingerprint density at radius 1 is 1.56 bits per heavy atom. The molecular weight excluding hydrogens is 248 g/mol. The largest absolute Gasteiger partial charge is 0.480 e. The van der Waals surface area contributed by atoms with Crippen LogP contribution in [0.25, 0.3) is 10.2 Å². The van der Waals surface area contributed by atoms with Gasteiger partial charge in [0.05, 0.1) is 15.9 Å². The Labute approximate surface area is 110 Å². The van der Waals surface area contributed by atoms with Gasteiger partial charge in [-0.1, -0.05) is 20.3 Å². The van der Waals surface area contributed by atoms with E-state index in [4.69, 9.17) is 0 Å². The van der Waals surface area contributed by atoms with Crippen molar-refractivity contribution in [3.05, 3.63) is 23.7 Å². The van der Waals surface area contributed by atoms with E-state index >= 15 is 0 Å². The highest BCUT2D eigenvalue weighted by molar-refractivity contribution is 7.17. The predicted molar refractivity (Wildman–Crippen MR) is 74.1 cm³/mol. The van der Waals surface area contributed by atoms with Crippen molar-refractivity contribution >= 4 is 33.2 Å². The number of carbonyl (C=O) groups is 1. The second-order valence-corrected chi connectivity index (χ2v) is 5.26. The average molecular weight is 264 g/mol. The zero-order valence-corrected chi connectivity index (χ0v) is 11.2. The van der Waals surface area contributed by atoms with Crippen LogP contribution in [0.15, 0.2) is 23.7 Å². The van der Waals surface area contributed by atoms with Crippen LogP contribution in [0.5, 0.6) is 0 Å². The summed E-state index contributed by atoms with van der Waals surface area (Å²) in [7, 11) is 0. The number of anilines is 1. The van der Waals surface area contributed by atoms with E-state index in [1.165, 1.54) is 0 Å². The number of pyridine rings is 1. The monoisotopic (exact) mass is 264 g/mol. The van der Waals surface area contributed by atoms with Crippen LogP contribution in [0.2, 0.25) is 0 Å². The quantitative estimate of drug-likeness (QED) is 0.870. The van der Waals surface area contributed by atoms with Gasteiger partial charge in [0.15, 0.2) is 0 Å². The summed E-state index contributed by atoms with van der Waals surface area (Å²) < 4.78 is 1.01. The molecule has 96 valence electrons. The molecule has 0 amide bonds. The molecular formula is C13H16N2O2S. The summed E-state index contributed by atoms with van der Waals surface area (Å²) in [5.41, 5.74) is 1.75. The van der Waals surface area contributed by atoms with Crippen LogP contribution >= 0.6 is 11.3 Å². The van der Waals surface area contributed by atoms with Gasteiger partial charge in [0.2, 0.25) is 0 Å². The molecule has 5 heteroatoms. The Kier molecular flexibility index (Phi) is 3.81. The number of thiophene rings is 1. The zero-order valence-electron chi connectivity index (χ0n) is 10.4. The fraction of sp³-hybridized carbons (Fsp3) is 0.385. The highest BCUT2D eigenvalue weighted by Gasteiger charge is 2.23. The van der Waals surface area contributed by atoms with E-state index in [9.17, 15) is 9.90 Å². The molecule has 0 aliphatic carbocycles. The van der Waals surface area contributed by atoms with Crippen molar-refractivity contribution in [2.45, 2.75) is 26.3 Å². The van der Waals surface area contributed by atoms with Crippen molar-refractivity contribution in [2.24, 2.45) is 5.92 Å². The fourth-order valence-electron chi connectivity index (χ4n) is 1.84. The summed E-state index contributed by atoms with van der Waals surface area (Å²) >= 11 is 1.57. The van der Waals surface area contributed by atoms with Gasteiger partial charge < -0.3 is 10.4 Å². The Bertz CT molecular complexity index is 553. The summed E-state index contributed by atoms with van der Waals surface area (Å²) in [6.07, 6.45) is 2.52. The van der Waals surface area contributed by atoms with Crippen molar-refractivity contribution < 1.29 is 9.90 Å². The van der Waals surface area contributed by atoms with Crippen LogP contribution in [0, 0.1) is 5.92 Å². The van der Waals surface area contributed by atoms with Crippen LogP contribution in [-0.2, 0) is 4.79 Å². The molecule has 0 aromatic carbocycles. The number of nitrogens with zero attached hydrogens (tertiary/aromatic N) is 1. The molecule has 2 heterocycles. The summed E-state index contributed by atoms with van der Waals surface area (Å²) in [5, 5.41) is 14.4. The maximum absolute atomic E-state index is 11.3. The molecule has 0 aliphatic heterocycles. The summed E-state index contributed by atoms with van der Waals surface area (Å²) in [5.74, 6) is -0.739. The van der Waals surface area contributed by atoms with E-state index in [-0.39, 0.29) is 5.92 Å². The van der Waals surface area contributed by atoms with E-state index in [1.54, 1.807) is 17.5 Å². The number of hydrogen-bond donors (Lipinski definition) is 2. The lowest BCUT2D eigenvalue weighted by Gasteiger charge is -2.21. The molecule has 18 heavy (non-hydrogen) atoms. The summed E-state index contributed by atoms with van der Waals surface area (Å²) in [6.45, 7) is 3.94. The summed E-state index contributed by atoms with van der Waals surface area (Å²) in [6, 6.07) is 3.20. The normalized spacial score (nSPS) is 14.3. The molecule has 0 saturated carbocycles. The standard InChI is InChI=1S/C13H16N2O2S/c1-3-8(2)11(13(16)17)15-10-4-6-14-9-5-7-18-12(9)10/h4-8,11H,3H2,1-2H3,(H,14,15)(H,16,17)/t8-,11-/m0/s1. The maximum Gasteiger partial charge on any atom is 0.326 e. The van der Waals surface area contributed by atoms with E-state index in [1.807, 2.05) is 31.4 Å². The number of aliphatic carboxylic acids is 1. The molecule has 0 bridgehead atoms. The van der Waals surface area contributed by atoms with Crippen molar-refractivity contribution in [3.63, 3.8) is 0 Å². The number of nitrogens with one attached hydrogen (secondary N) is 1. The number of fused-ring (bicyclic) bond motifs is 1. The smallest absolute Gasteiger partial charge is 0.326 e. The minimum absolute atomic E-state index is 0.0747. The van der Waals surface area contributed by atoms with Gasteiger partial charge in [-0.15, -0.1) is 11.3 Å². The van der Waals surface area contributed by atoms with Crippen molar-refractivity contribution in [2.75, 3.05) is 5.32 Å². The topological polar surface area (TPSA) is 62.2 Å². The number of rotatable bonds is 5. The Hall–Kier alpha value is -1.62. The van der Waals surface area contributed by atoms with Crippen LogP contribution in [-0.4, -0.2) is 22.1 Å². The highest BCUT2D eigenvalue weighted by Crippen LogP contribution is 2.28. The predicted octanol–water partition coefficient (Wildman–Crippen LogP) is 3.21. The lowest BCUT2D eigenvalue weighted by atomic mass is 9.99. The van der Waals surface area contributed by atoms with Gasteiger partial charge in [-0.25, -0.2) is 4.79 Å². The zero-order chi connectivity index (χ0) is 13.1. The minimum atomic E-state index is -0.814.